The molecule has 1 aromatic heterocycles. The molecule has 0 spiro atoms. The summed E-state index contributed by atoms with van der Waals surface area (Å²) in [6.45, 7) is 1.39. The first-order valence-corrected chi connectivity index (χ1v) is 10.6. The van der Waals surface area contributed by atoms with E-state index in [0.717, 1.165) is 20.7 Å². The number of aromatic hydroxyl groups is 1. The van der Waals surface area contributed by atoms with E-state index in [2.05, 4.69) is 0 Å². The largest absolute Gasteiger partial charge is 0.508 e. The number of hydrogen-bond donors (Lipinski definition) is 5. The predicted octanol–water partition coefficient (Wildman–Crippen LogP) is 2.43. The van der Waals surface area contributed by atoms with Crippen molar-refractivity contribution >= 4 is 34.3 Å². The third kappa shape index (κ3) is 3.69. The molecule has 0 amide bonds. The van der Waals surface area contributed by atoms with E-state index in [4.69, 9.17) is 16.3 Å². The smallest absolute Gasteiger partial charge is 0.163 e. The number of phenols is 1. The number of nitrogens with zero attached hydrogens (tertiary/aromatic N) is 1. The fourth-order valence-electron chi connectivity index (χ4n) is 3.72. The lowest BCUT2D eigenvalue weighted by molar-refractivity contribution is -0.250. The van der Waals surface area contributed by atoms with Crippen molar-refractivity contribution in [2.75, 3.05) is 6.61 Å². The van der Waals surface area contributed by atoms with Gasteiger partial charge in [-0.15, -0.1) is 0 Å². The molecule has 0 bridgehead atoms. The van der Waals surface area contributed by atoms with Crippen molar-refractivity contribution in [2.24, 2.45) is 0 Å². The number of phenolic OH excluding ortho intramolecular Hbond substituents is 1. The second kappa shape index (κ2) is 8.39. The Hall–Kier alpha value is -1.78. The number of hydrogen-bond acceptors (Lipinski definition) is 7. The van der Waals surface area contributed by atoms with E-state index in [1.165, 1.54) is 11.8 Å². The third-order valence-electron chi connectivity index (χ3n) is 5.30. The maximum Gasteiger partial charge on any atom is 0.163 e. The summed E-state index contributed by atoms with van der Waals surface area (Å²) in [5.41, 5.74) is 1.59. The van der Waals surface area contributed by atoms with Gasteiger partial charge in [0.15, 0.2) is 6.23 Å². The highest BCUT2D eigenvalue weighted by atomic mass is 35.5. The predicted molar refractivity (Wildman–Crippen MR) is 113 cm³/mol. The number of aryl methyl sites for hydroxylation is 1. The van der Waals surface area contributed by atoms with Gasteiger partial charge in [-0.25, -0.2) is 0 Å². The van der Waals surface area contributed by atoms with Gasteiger partial charge in [0.25, 0.3) is 0 Å². The van der Waals surface area contributed by atoms with Gasteiger partial charge in [-0.05, 0) is 42.8 Å². The molecule has 30 heavy (non-hydrogen) atoms. The maximum absolute atomic E-state index is 10.6. The fourth-order valence-corrected chi connectivity index (χ4v) is 5.04. The van der Waals surface area contributed by atoms with E-state index in [9.17, 15) is 25.5 Å². The molecule has 0 aliphatic carbocycles. The van der Waals surface area contributed by atoms with Gasteiger partial charge in [-0.1, -0.05) is 29.4 Å². The molecule has 2 heterocycles. The van der Waals surface area contributed by atoms with Crippen LogP contribution in [0.4, 0.5) is 0 Å². The van der Waals surface area contributed by atoms with Gasteiger partial charge in [-0.3, -0.25) is 0 Å². The average molecular weight is 452 g/mol. The topological polar surface area (TPSA) is 115 Å². The van der Waals surface area contributed by atoms with Gasteiger partial charge in [0.2, 0.25) is 0 Å². The van der Waals surface area contributed by atoms with E-state index in [0.29, 0.717) is 10.5 Å². The lowest BCUT2D eigenvalue weighted by Gasteiger charge is -2.40. The molecule has 2 aromatic carbocycles. The number of aliphatic hydroxyl groups excluding tert-OH is 4. The maximum atomic E-state index is 10.6. The average Bonchev–Trinajstić information content (AvgIpc) is 3.11. The molecule has 0 radical (unpaired) electrons. The van der Waals surface area contributed by atoms with Crippen LogP contribution in [0.1, 0.15) is 11.8 Å². The zero-order valence-electron chi connectivity index (χ0n) is 16.0. The minimum absolute atomic E-state index is 0.164. The number of benzene rings is 2. The summed E-state index contributed by atoms with van der Waals surface area (Å²) in [5.74, 6) is 0.164. The summed E-state index contributed by atoms with van der Waals surface area (Å²) in [7, 11) is 0. The zero-order chi connectivity index (χ0) is 21.6. The van der Waals surface area contributed by atoms with Crippen molar-refractivity contribution in [2.45, 2.75) is 47.4 Å². The SMILES string of the molecule is Cc1ccc(Cl)c2c(Sc3ccc(O)cc3)cn([C@@H]3O[C@H](CO)[C@@H](O)[C@H](O)[C@H]3O)c12. The highest BCUT2D eigenvalue weighted by Crippen LogP contribution is 2.43. The van der Waals surface area contributed by atoms with Crippen LogP contribution >= 0.6 is 23.4 Å². The van der Waals surface area contributed by atoms with E-state index in [-0.39, 0.29) is 5.75 Å². The molecule has 0 unspecified atom stereocenters. The molecule has 1 aliphatic rings. The van der Waals surface area contributed by atoms with Crippen molar-refractivity contribution in [3.8, 4) is 5.75 Å². The zero-order valence-corrected chi connectivity index (χ0v) is 17.6. The third-order valence-corrected chi connectivity index (χ3v) is 6.65. The molecular weight excluding hydrogens is 430 g/mol. The molecule has 5 N–H and O–H groups in total. The highest BCUT2D eigenvalue weighted by Gasteiger charge is 2.44. The summed E-state index contributed by atoms with van der Waals surface area (Å²) >= 11 is 7.95. The van der Waals surface area contributed by atoms with Gasteiger partial charge in [0.05, 0.1) is 17.1 Å². The number of fused-ring (bicyclic) bond motifs is 1. The second-order valence-corrected chi connectivity index (χ2v) is 8.83. The first-order valence-electron chi connectivity index (χ1n) is 9.39. The van der Waals surface area contributed by atoms with Crippen LogP contribution < -0.4 is 0 Å². The van der Waals surface area contributed by atoms with E-state index >= 15 is 0 Å². The van der Waals surface area contributed by atoms with Crippen LogP contribution in [-0.2, 0) is 4.74 Å². The van der Waals surface area contributed by atoms with Crippen molar-refractivity contribution in [1.29, 1.82) is 0 Å². The van der Waals surface area contributed by atoms with Gasteiger partial charge in [0.1, 0.15) is 30.2 Å². The number of aliphatic hydroxyl groups is 4. The molecule has 1 aliphatic heterocycles. The molecule has 160 valence electrons. The van der Waals surface area contributed by atoms with Gasteiger partial charge in [-0.2, -0.15) is 0 Å². The molecule has 9 heteroatoms. The molecule has 3 aromatic rings. The Labute approximate surface area is 182 Å². The minimum Gasteiger partial charge on any atom is -0.508 e. The lowest BCUT2D eigenvalue weighted by Crippen LogP contribution is -2.56. The van der Waals surface area contributed by atoms with Gasteiger partial charge >= 0.3 is 0 Å². The first-order chi connectivity index (χ1) is 14.3. The monoisotopic (exact) mass is 451 g/mol. The first kappa shape index (κ1) is 21.5. The Morgan fingerprint density at radius 1 is 1.03 bits per heavy atom. The quantitative estimate of drug-likeness (QED) is 0.413. The molecule has 4 rings (SSSR count). The van der Waals surface area contributed by atoms with E-state index in [1.54, 1.807) is 41.1 Å². The van der Waals surface area contributed by atoms with Crippen LogP contribution in [0.3, 0.4) is 0 Å². The van der Waals surface area contributed by atoms with Crippen LogP contribution in [0.15, 0.2) is 52.4 Å². The number of ether oxygens (including phenoxy) is 1. The number of aromatic nitrogens is 1. The summed E-state index contributed by atoms with van der Waals surface area (Å²) in [5, 5.41) is 51.3. The van der Waals surface area contributed by atoms with Crippen LogP contribution in [0.5, 0.6) is 5.75 Å². The number of halogens is 1. The van der Waals surface area contributed by atoms with Crippen LogP contribution in [0, 0.1) is 6.92 Å². The molecule has 0 saturated carbocycles. The van der Waals surface area contributed by atoms with Crippen LogP contribution in [0.25, 0.3) is 10.9 Å². The Morgan fingerprint density at radius 2 is 1.73 bits per heavy atom. The van der Waals surface area contributed by atoms with Crippen LogP contribution in [0.2, 0.25) is 5.02 Å². The second-order valence-electron chi connectivity index (χ2n) is 7.30. The normalized spacial score (nSPS) is 26.9. The van der Waals surface area contributed by atoms with Crippen molar-refractivity contribution in [3.05, 3.63) is 53.2 Å². The van der Waals surface area contributed by atoms with Crippen molar-refractivity contribution in [1.82, 2.24) is 4.57 Å². The molecule has 1 saturated heterocycles. The molecular formula is C21H22ClNO6S. The van der Waals surface area contributed by atoms with Gasteiger partial charge < -0.3 is 34.8 Å². The van der Waals surface area contributed by atoms with Crippen molar-refractivity contribution < 1.29 is 30.3 Å². The van der Waals surface area contributed by atoms with Gasteiger partial charge in [0, 0.05) is 21.4 Å². The summed E-state index contributed by atoms with van der Waals surface area (Å²) < 4.78 is 7.45. The fraction of sp³-hybridized carbons (Fsp3) is 0.333. The van der Waals surface area contributed by atoms with E-state index < -0.39 is 37.3 Å². The summed E-state index contributed by atoms with van der Waals surface area (Å²) in [6, 6.07) is 10.4. The van der Waals surface area contributed by atoms with Crippen molar-refractivity contribution in [3.63, 3.8) is 0 Å². The number of rotatable bonds is 4. The summed E-state index contributed by atoms with van der Waals surface area (Å²) in [4.78, 5) is 1.67. The standard InChI is InChI=1S/C21H22ClNO6S/c1-10-2-7-13(22)16-15(30-12-5-3-11(25)4-6-12)8-23(17(10)16)21-20(28)19(27)18(26)14(9-24)29-21/h2-8,14,18-21,24-28H,9H2,1H3/t14-,18-,19+,20-,21-/m1/s1. The molecule has 5 atom stereocenters. The highest BCUT2D eigenvalue weighted by molar-refractivity contribution is 7.99. The Morgan fingerprint density at radius 3 is 2.40 bits per heavy atom. The molecule has 1 fully saturated rings. The Bertz CT molecular complexity index is 1050. The Balaban J connectivity index is 1.84. The molecule has 7 nitrogen and oxygen atoms in total. The van der Waals surface area contributed by atoms with E-state index in [1.807, 2.05) is 13.0 Å². The summed E-state index contributed by atoms with van der Waals surface area (Å²) in [6.07, 6.45) is -4.60. The minimum atomic E-state index is -1.48. The lowest BCUT2D eigenvalue weighted by atomic mass is 9.98. The van der Waals surface area contributed by atoms with Crippen LogP contribution in [-0.4, -0.2) is 61.1 Å². The Kier molecular flexibility index (Phi) is 6.00.